The molecule has 1 saturated heterocycles. The number of hydrogen-bond acceptors (Lipinski definition) is 1. The Balaban J connectivity index is 2.38. The van der Waals surface area contributed by atoms with Gasteiger partial charge < -0.3 is 4.90 Å². The molecule has 0 radical (unpaired) electrons. The fourth-order valence-corrected chi connectivity index (χ4v) is 1.64. The first-order valence-electron chi connectivity index (χ1n) is 4.58. The fourth-order valence-electron chi connectivity index (χ4n) is 1.64. The lowest BCUT2D eigenvalue weighted by Crippen LogP contribution is -2.50. The summed E-state index contributed by atoms with van der Waals surface area (Å²) in [6.45, 7) is 8.78. The Bertz CT molecular complexity index is 186. The largest absolute Gasteiger partial charge is 0.336 e. The third-order valence-corrected chi connectivity index (χ3v) is 2.35. The Kier molecular flexibility index (Phi) is 2.90. The number of nitrogens with zero attached hydrogens (tertiary/aromatic N) is 1. The Morgan fingerprint density at radius 3 is 2.75 bits per heavy atom. The van der Waals surface area contributed by atoms with Crippen LogP contribution in [0.5, 0.6) is 0 Å². The van der Waals surface area contributed by atoms with Gasteiger partial charge in [-0.05, 0) is 24.8 Å². The lowest BCUT2D eigenvalue weighted by Gasteiger charge is -2.41. The molecule has 1 atom stereocenters. The van der Waals surface area contributed by atoms with Crippen LogP contribution in [0.1, 0.15) is 26.7 Å². The van der Waals surface area contributed by atoms with Gasteiger partial charge in [-0.25, -0.2) is 0 Å². The second-order valence-electron chi connectivity index (χ2n) is 3.81. The lowest BCUT2D eigenvalue weighted by atomic mass is 9.93. The van der Waals surface area contributed by atoms with E-state index in [1.54, 1.807) is 0 Å². The van der Waals surface area contributed by atoms with Gasteiger partial charge in [-0.15, -0.1) is 0 Å². The summed E-state index contributed by atoms with van der Waals surface area (Å²) >= 11 is 0. The third-order valence-electron chi connectivity index (χ3n) is 2.35. The molecule has 2 nitrogen and oxygen atoms in total. The van der Waals surface area contributed by atoms with Crippen LogP contribution in [0, 0.1) is 5.92 Å². The number of hydrogen-bond donors (Lipinski definition) is 0. The molecule has 1 aliphatic heterocycles. The summed E-state index contributed by atoms with van der Waals surface area (Å²) in [6.07, 6.45) is 3.70. The quantitative estimate of drug-likeness (QED) is 0.587. The van der Waals surface area contributed by atoms with Crippen molar-refractivity contribution < 1.29 is 4.79 Å². The summed E-state index contributed by atoms with van der Waals surface area (Å²) in [5.41, 5.74) is 0. The van der Waals surface area contributed by atoms with E-state index in [9.17, 15) is 4.79 Å². The van der Waals surface area contributed by atoms with Crippen LogP contribution in [-0.4, -0.2) is 23.4 Å². The molecule has 0 aromatic rings. The first kappa shape index (κ1) is 9.30. The Morgan fingerprint density at radius 1 is 1.75 bits per heavy atom. The molecule has 0 saturated carbocycles. The van der Waals surface area contributed by atoms with Crippen molar-refractivity contribution in [2.45, 2.75) is 32.7 Å². The minimum absolute atomic E-state index is 0.0897. The van der Waals surface area contributed by atoms with Gasteiger partial charge in [0.2, 0.25) is 5.91 Å². The van der Waals surface area contributed by atoms with Crippen LogP contribution < -0.4 is 0 Å². The van der Waals surface area contributed by atoms with Crippen molar-refractivity contribution in [3.05, 3.63) is 12.7 Å². The average molecular weight is 167 g/mol. The van der Waals surface area contributed by atoms with Gasteiger partial charge in [0.05, 0.1) is 0 Å². The van der Waals surface area contributed by atoms with E-state index in [1.807, 2.05) is 4.90 Å². The zero-order valence-electron chi connectivity index (χ0n) is 7.92. The maximum Gasteiger partial charge on any atom is 0.246 e. The number of carbonyl (C=O) groups is 1. The molecular formula is C10H17NO. The van der Waals surface area contributed by atoms with Crippen LogP contribution in [0.15, 0.2) is 12.7 Å². The van der Waals surface area contributed by atoms with Crippen LogP contribution in [0.3, 0.4) is 0 Å². The van der Waals surface area contributed by atoms with Gasteiger partial charge in [0.1, 0.15) is 0 Å². The summed E-state index contributed by atoms with van der Waals surface area (Å²) in [5, 5.41) is 0. The van der Waals surface area contributed by atoms with E-state index in [0.717, 1.165) is 19.4 Å². The van der Waals surface area contributed by atoms with Gasteiger partial charge in [0.25, 0.3) is 0 Å². The third kappa shape index (κ3) is 1.87. The number of carbonyl (C=O) groups excluding carboxylic acids is 1. The van der Waals surface area contributed by atoms with Crippen molar-refractivity contribution in [2.75, 3.05) is 6.54 Å². The van der Waals surface area contributed by atoms with Crippen LogP contribution in [-0.2, 0) is 4.79 Å². The highest BCUT2D eigenvalue weighted by molar-refractivity contribution is 5.87. The molecule has 1 amide bonds. The van der Waals surface area contributed by atoms with Gasteiger partial charge in [-0.1, -0.05) is 20.4 Å². The zero-order chi connectivity index (χ0) is 9.14. The van der Waals surface area contributed by atoms with Gasteiger partial charge in [-0.3, -0.25) is 4.79 Å². The molecule has 0 unspecified atom stereocenters. The minimum atomic E-state index is 0.0897. The summed E-state index contributed by atoms with van der Waals surface area (Å²) in [6, 6.07) is 0.482. The van der Waals surface area contributed by atoms with Crippen LogP contribution in [0.25, 0.3) is 0 Å². The van der Waals surface area contributed by atoms with Crippen LogP contribution in [0.4, 0.5) is 0 Å². The molecule has 0 aromatic heterocycles. The van der Waals surface area contributed by atoms with Crippen molar-refractivity contribution >= 4 is 5.91 Å². The Morgan fingerprint density at radius 2 is 2.42 bits per heavy atom. The molecule has 12 heavy (non-hydrogen) atoms. The van der Waals surface area contributed by atoms with E-state index < -0.39 is 0 Å². The molecule has 0 N–H and O–H groups in total. The van der Waals surface area contributed by atoms with Crippen LogP contribution in [0.2, 0.25) is 0 Å². The topological polar surface area (TPSA) is 20.3 Å². The molecule has 1 heterocycles. The van der Waals surface area contributed by atoms with E-state index in [2.05, 4.69) is 20.4 Å². The molecule has 2 heteroatoms. The zero-order valence-corrected chi connectivity index (χ0v) is 7.92. The molecule has 1 fully saturated rings. The Labute approximate surface area is 74.2 Å². The SMILES string of the molecule is C=CC(=O)N1CC[C@H]1CC(C)C. The highest BCUT2D eigenvalue weighted by Gasteiger charge is 2.30. The van der Waals surface area contributed by atoms with Gasteiger partial charge in [0, 0.05) is 12.6 Å². The summed E-state index contributed by atoms with van der Waals surface area (Å²) < 4.78 is 0. The molecule has 68 valence electrons. The monoisotopic (exact) mass is 167 g/mol. The van der Waals surface area contributed by atoms with Crippen molar-refractivity contribution in [1.29, 1.82) is 0 Å². The minimum Gasteiger partial charge on any atom is -0.336 e. The average Bonchev–Trinajstić information content (AvgIpc) is 1.98. The molecule has 0 bridgehead atoms. The normalized spacial score (nSPS) is 22.2. The van der Waals surface area contributed by atoms with E-state index >= 15 is 0 Å². The number of amides is 1. The standard InChI is InChI=1S/C10H17NO/c1-4-10(12)11-6-5-9(11)7-8(2)3/h4,8-9H,1,5-7H2,2-3H3/t9-/m0/s1. The molecule has 0 aliphatic carbocycles. The summed E-state index contributed by atoms with van der Waals surface area (Å²) in [4.78, 5) is 13.1. The first-order valence-corrected chi connectivity index (χ1v) is 4.58. The maximum absolute atomic E-state index is 11.2. The highest BCUT2D eigenvalue weighted by Crippen LogP contribution is 2.23. The van der Waals surface area contributed by atoms with Gasteiger partial charge in [0.15, 0.2) is 0 Å². The van der Waals surface area contributed by atoms with E-state index in [1.165, 1.54) is 6.08 Å². The van der Waals surface area contributed by atoms with Crippen molar-refractivity contribution in [2.24, 2.45) is 5.92 Å². The molecule has 0 spiro atoms. The maximum atomic E-state index is 11.2. The van der Waals surface area contributed by atoms with E-state index in [-0.39, 0.29) is 5.91 Å². The molecule has 1 aliphatic rings. The fraction of sp³-hybridized carbons (Fsp3) is 0.700. The molecular weight excluding hydrogens is 150 g/mol. The second-order valence-corrected chi connectivity index (χ2v) is 3.81. The van der Waals surface area contributed by atoms with Gasteiger partial charge >= 0.3 is 0 Å². The summed E-state index contributed by atoms with van der Waals surface area (Å²) in [5.74, 6) is 0.766. The highest BCUT2D eigenvalue weighted by atomic mass is 16.2. The predicted molar refractivity (Wildman–Crippen MR) is 49.8 cm³/mol. The van der Waals surface area contributed by atoms with Crippen molar-refractivity contribution in [1.82, 2.24) is 4.90 Å². The van der Waals surface area contributed by atoms with Crippen molar-refractivity contribution in [3.63, 3.8) is 0 Å². The smallest absolute Gasteiger partial charge is 0.246 e. The number of likely N-dealkylation sites (tertiary alicyclic amines) is 1. The van der Waals surface area contributed by atoms with Crippen molar-refractivity contribution in [3.8, 4) is 0 Å². The summed E-state index contributed by atoms with van der Waals surface area (Å²) in [7, 11) is 0. The Hall–Kier alpha value is -0.790. The van der Waals surface area contributed by atoms with Crippen LogP contribution >= 0.6 is 0 Å². The molecule has 1 rings (SSSR count). The van der Waals surface area contributed by atoms with Gasteiger partial charge in [-0.2, -0.15) is 0 Å². The molecule has 0 aromatic carbocycles. The second kappa shape index (κ2) is 3.74. The first-order chi connectivity index (χ1) is 5.65. The number of rotatable bonds is 3. The lowest BCUT2D eigenvalue weighted by molar-refractivity contribution is -0.133. The predicted octanol–water partition coefficient (Wildman–Crippen LogP) is 1.82. The van der Waals surface area contributed by atoms with E-state index in [4.69, 9.17) is 0 Å². The van der Waals surface area contributed by atoms with E-state index in [0.29, 0.717) is 12.0 Å².